The predicted molar refractivity (Wildman–Crippen MR) is 136 cm³/mol. The van der Waals surface area contributed by atoms with E-state index in [9.17, 15) is 5.11 Å². The lowest BCUT2D eigenvalue weighted by atomic mass is 9.72. The van der Waals surface area contributed by atoms with Crippen molar-refractivity contribution in [3.63, 3.8) is 0 Å². The number of nitrogens with zero attached hydrogens (tertiary/aromatic N) is 1. The zero-order valence-corrected chi connectivity index (χ0v) is 22.7. The molecule has 2 heteroatoms. The number of likely N-dealkylation sites (tertiary alicyclic amines) is 1. The third-order valence-corrected chi connectivity index (χ3v) is 7.83. The van der Waals surface area contributed by atoms with Crippen molar-refractivity contribution in [2.24, 2.45) is 11.8 Å². The zero-order chi connectivity index (χ0) is 24.0. The Labute approximate surface area is 193 Å². The van der Waals surface area contributed by atoms with Crippen molar-refractivity contribution in [2.45, 2.75) is 130 Å². The van der Waals surface area contributed by atoms with Gasteiger partial charge in [-0.1, -0.05) is 73.4 Å². The summed E-state index contributed by atoms with van der Waals surface area (Å²) in [5, 5.41) is 11.0. The molecule has 0 saturated carbocycles. The molecule has 2 rings (SSSR count). The fourth-order valence-electron chi connectivity index (χ4n) is 5.76. The third kappa shape index (κ3) is 6.28. The van der Waals surface area contributed by atoms with Gasteiger partial charge in [0.15, 0.2) is 0 Å². The average molecular weight is 430 g/mol. The molecule has 1 heterocycles. The Kier molecular flexibility index (Phi) is 7.39. The molecule has 31 heavy (non-hydrogen) atoms. The molecule has 0 radical (unpaired) electrons. The Morgan fingerprint density at radius 1 is 0.935 bits per heavy atom. The van der Waals surface area contributed by atoms with Gasteiger partial charge in [-0.2, -0.15) is 0 Å². The number of phenolic OH excluding ortho intramolecular Hbond substituents is 1. The highest BCUT2D eigenvalue weighted by Gasteiger charge is 2.42. The molecule has 1 aromatic rings. The van der Waals surface area contributed by atoms with E-state index in [0.717, 1.165) is 23.5 Å². The number of benzene rings is 1. The van der Waals surface area contributed by atoms with Crippen molar-refractivity contribution in [3.8, 4) is 5.75 Å². The van der Waals surface area contributed by atoms with E-state index in [1.165, 1.54) is 31.2 Å². The van der Waals surface area contributed by atoms with Crippen molar-refractivity contribution >= 4 is 0 Å². The van der Waals surface area contributed by atoms with E-state index in [1.807, 2.05) is 0 Å². The normalized spacial score (nSPS) is 21.3. The van der Waals surface area contributed by atoms with Crippen molar-refractivity contribution < 1.29 is 5.11 Å². The SMILES string of the molecule is CC(CCC1CC(C)(C)N(C)C(C)(C)C1)Cc1cc(C(C)(C)C)c(O)c(C(C)(C)C)c1. The van der Waals surface area contributed by atoms with Crippen LogP contribution in [0.1, 0.15) is 119 Å². The van der Waals surface area contributed by atoms with Gasteiger partial charge in [-0.25, -0.2) is 0 Å². The number of piperidine rings is 1. The second kappa shape index (κ2) is 8.73. The summed E-state index contributed by atoms with van der Waals surface area (Å²) in [6.07, 6.45) is 6.27. The summed E-state index contributed by atoms with van der Waals surface area (Å²) in [5.74, 6) is 1.95. The smallest absolute Gasteiger partial charge is 0.123 e. The van der Waals surface area contributed by atoms with Gasteiger partial charge in [-0.3, -0.25) is 4.90 Å². The summed E-state index contributed by atoms with van der Waals surface area (Å²) < 4.78 is 0. The van der Waals surface area contributed by atoms with Crippen LogP contribution in [0.3, 0.4) is 0 Å². The van der Waals surface area contributed by atoms with Crippen LogP contribution in [0.25, 0.3) is 0 Å². The molecule has 1 aliphatic rings. The molecule has 1 unspecified atom stereocenters. The first-order valence-electron chi connectivity index (χ1n) is 12.5. The molecule has 0 bridgehead atoms. The second-order valence-electron chi connectivity index (χ2n) is 13.9. The molecule has 1 N–H and O–H groups in total. The van der Waals surface area contributed by atoms with Gasteiger partial charge in [0, 0.05) is 11.1 Å². The quantitative estimate of drug-likeness (QED) is 0.515. The van der Waals surface area contributed by atoms with Crippen molar-refractivity contribution in [2.75, 3.05) is 7.05 Å². The van der Waals surface area contributed by atoms with Gasteiger partial charge in [-0.05, 0) is 93.4 Å². The van der Waals surface area contributed by atoms with Crippen molar-refractivity contribution in [1.29, 1.82) is 0 Å². The number of hydrogen-bond acceptors (Lipinski definition) is 2. The van der Waals surface area contributed by atoms with Crippen LogP contribution in [0.4, 0.5) is 0 Å². The van der Waals surface area contributed by atoms with E-state index in [2.05, 4.69) is 100 Å². The van der Waals surface area contributed by atoms with E-state index in [1.54, 1.807) is 0 Å². The number of aromatic hydroxyl groups is 1. The lowest BCUT2D eigenvalue weighted by Gasteiger charge is -2.54. The minimum absolute atomic E-state index is 0.0609. The Morgan fingerprint density at radius 2 is 1.35 bits per heavy atom. The number of phenols is 1. The van der Waals surface area contributed by atoms with Crippen LogP contribution in [0, 0.1) is 11.8 Å². The molecule has 1 fully saturated rings. The molecule has 1 aliphatic heterocycles. The zero-order valence-electron chi connectivity index (χ0n) is 22.7. The summed E-state index contributed by atoms with van der Waals surface area (Å²) in [6.45, 7) is 25.2. The fraction of sp³-hybridized carbons (Fsp3) is 0.793. The molecule has 0 spiro atoms. The largest absolute Gasteiger partial charge is 0.507 e. The van der Waals surface area contributed by atoms with Crippen LogP contribution in [-0.2, 0) is 17.3 Å². The Hall–Kier alpha value is -1.02. The van der Waals surface area contributed by atoms with Gasteiger partial charge in [0.1, 0.15) is 5.75 Å². The molecule has 178 valence electrons. The molecule has 1 atom stereocenters. The van der Waals surface area contributed by atoms with Crippen LogP contribution in [0.5, 0.6) is 5.75 Å². The monoisotopic (exact) mass is 429 g/mol. The Morgan fingerprint density at radius 3 is 1.74 bits per heavy atom. The minimum Gasteiger partial charge on any atom is -0.507 e. The highest BCUT2D eigenvalue weighted by Crippen LogP contribution is 2.43. The highest BCUT2D eigenvalue weighted by molar-refractivity contribution is 5.50. The Bertz CT molecular complexity index is 707. The molecule has 0 amide bonds. The van der Waals surface area contributed by atoms with E-state index in [4.69, 9.17) is 0 Å². The molecule has 1 saturated heterocycles. The summed E-state index contributed by atoms with van der Waals surface area (Å²) in [6, 6.07) is 4.53. The topological polar surface area (TPSA) is 23.5 Å². The second-order valence-corrected chi connectivity index (χ2v) is 13.9. The van der Waals surface area contributed by atoms with E-state index >= 15 is 0 Å². The molecule has 2 nitrogen and oxygen atoms in total. The summed E-state index contributed by atoms with van der Waals surface area (Å²) in [7, 11) is 2.29. The maximum atomic E-state index is 11.0. The Balaban J connectivity index is 2.14. The maximum absolute atomic E-state index is 11.0. The van der Waals surface area contributed by atoms with Gasteiger partial charge in [-0.15, -0.1) is 0 Å². The third-order valence-electron chi connectivity index (χ3n) is 7.83. The van der Waals surface area contributed by atoms with E-state index < -0.39 is 0 Å². The summed E-state index contributed by atoms with van der Waals surface area (Å²) in [4.78, 5) is 2.58. The maximum Gasteiger partial charge on any atom is 0.123 e. The molecule has 0 aromatic heterocycles. The van der Waals surface area contributed by atoms with Crippen LogP contribution < -0.4 is 0 Å². The van der Waals surface area contributed by atoms with Crippen LogP contribution >= 0.6 is 0 Å². The summed E-state index contributed by atoms with van der Waals surface area (Å²) in [5.41, 5.74) is 3.97. The first-order chi connectivity index (χ1) is 13.8. The van der Waals surface area contributed by atoms with Crippen LogP contribution in [-0.4, -0.2) is 28.1 Å². The summed E-state index contributed by atoms with van der Waals surface area (Å²) >= 11 is 0. The van der Waals surface area contributed by atoms with Gasteiger partial charge < -0.3 is 5.11 Å². The standard InChI is InChI=1S/C29H51NO/c1-20(13-14-21-18-28(8,9)30(12)29(10,11)19-21)15-22-16-23(26(2,3)4)25(31)24(17-22)27(5,6)7/h16-17,20-21,31H,13-15,18-19H2,1-12H3. The predicted octanol–water partition coefficient (Wildman–Crippen LogP) is 7.85. The van der Waals surface area contributed by atoms with Crippen LogP contribution in [0.15, 0.2) is 12.1 Å². The average Bonchev–Trinajstić information content (AvgIpc) is 2.56. The highest BCUT2D eigenvalue weighted by atomic mass is 16.3. The molecule has 0 aliphatic carbocycles. The molecular weight excluding hydrogens is 378 g/mol. The number of rotatable bonds is 5. The lowest BCUT2D eigenvalue weighted by molar-refractivity contribution is -0.0327. The van der Waals surface area contributed by atoms with Gasteiger partial charge >= 0.3 is 0 Å². The first-order valence-corrected chi connectivity index (χ1v) is 12.5. The van der Waals surface area contributed by atoms with Crippen LogP contribution in [0.2, 0.25) is 0 Å². The van der Waals surface area contributed by atoms with Crippen molar-refractivity contribution in [1.82, 2.24) is 4.90 Å². The number of hydrogen-bond donors (Lipinski definition) is 1. The lowest BCUT2D eigenvalue weighted by Crippen LogP contribution is -2.58. The molecular formula is C29H51NO. The van der Waals surface area contributed by atoms with E-state index in [-0.39, 0.29) is 21.9 Å². The first kappa shape index (κ1) is 26.2. The fourth-order valence-corrected chi connectivity index (χ4v) is 5.76. The van der Waals surface area contributed by atoms with Gasteiger partial charge in [0.25, 0.3) is 0 Å². The van der Waals surface area contributed by atoms with Gasteiger partial charge in [0.2, 0.25) is 0 Å². The van der Waals surface area contributed by atoms with Crippen molar-refractivity contribution in [3.05, 3.63) is 28.8 Å². The van der Waals surface area contributed by atoms with Gasteiger partial charge in [0.05, 0.1) is 0 Å². The molecule has 1 aromatic carbocycles. The van der Waals surface area contributed by atoms with E-state index in [0.29, 0.717) is 11.7 Å². The minimum atomic E-state index is -0.0609.